The molecule has 0 saturated carbocycles. The first-order chi connectivity index (χ1) is 7.16. The molecule has 0 spiro atoms. The van der Waals surface area contributed by atoms with E-state index in [1.807, 2.05) is 13.0 Å². The summed E-state index contributed by atoms with van der Waals surface area (Å²) >= 11 is 0. The Bertz CT molecular complexity index is 342. The lowest BCUT2D eigenvalue weighted by Crippen LogP contribution is -2.21. The molecule has 1 aromatic carbocycles. The molecule has 0 aliphatic carbocycles. The summed E-state index contributed by atoms with van der Waals surface area (Å²) in [5.41, 5.74) is 6.94. The maximum absolute atomic E-state index is 13.0. The molecule has 0 bridgehead atoms. The lowest BCUT2D eigenvalue weighted by molar-refractivity contribution is 0.118. The lowest BCUT2D eigenvalue weighted by Gasteiger charge is -2.17. The lowest BCUT2D eigenvalue weighted by atomic mass is 9.92. The van der Waals surface area contributed by atoms with E-state index in [0.717, 1.165) is 12.0 Å². The van der Waals surface area contributed by atoms with E-state index in [2.05, 4.69) is 0 Å². The van der Waals surface area contributed by atoms with Crippen molar-refractivity contribution in [3.05, 3.63) is 35.6 Å². The third kappa shape index (κ3) is 2.36. The highest BCUT2D eigenvalue weighted by Gasteiger charge is 2.28. The minimum absolute atomic E-state index is 0.120. The van der Waals surface area contributed by atoms with E-state index >= 15 is 0 Å². The predicted octanol–water partition coefficient (Wildman–Crippen LogP) is 2.25. The first-order valence-corrected chi connectivity index (χ1v) is 5.29. The number of halogens is 1. The topological polar surface area (TPSA) is 35.2 Å². The average Bonchev–Trinajstić information content (AvgIpc) is 2.64. The van der Waals surface area contributed by atoms with Crippen molar-refractivity contribution >= 4 is 0 Å². The third-order valence-electron chi connectivity index (χ3n) is 2.97. The van der Waals surface area contributed by atoms with E-state index in [9.17, 15) is 4.39 Å². The van der Waals surface area contributed by atoms with Crippen LogP contribution >= 0.6 is 0 Å². The summed E-state index contributed by atoms with van der Waals surface area (Å²) in [5, 5.41) is 0. The minimum atomic E-state index is -0.227. The van der Waals surface area contributed by atoms with E-state index in [1.165, 1.54) is 12.1 Å². The van der Waals surface area contributed by atoms with Gasteiger partial charge in [0, 0.05) is 12.0 Å². The van der Waals surface area contributed by atoms with Gasteiger partial charge in [0.05, 0.1) is 12.7 Å². The number of rotatable bonds is 2. The number of nitrogens with two attached hydrogens (primary N) is 1. The molecule has 2 N–H and O–H groups in total. The quantitative estimate of drug-likeness (QED) is 0.810. The molecule has 0 aromatic heterocycles. The molecule has 15 heavy (non-hydrogen) atoms. The molecule has 82 valence electrons. The Morgan fingerprint density at radius 1 is 1.53 bits per heavy atom. The van der Waals surface area contributed by atoms with Crippen LogP contribution in [0.4, 0.5) is 4.39 Å². The SMILES string of the molecule is CC1CC(C(N)c2cccc(F)c2)CO1. The standard InChI is InChI=1S/C12H16FNO/c1-8-5-10(7-15-8)12(14)9-3-2-4-11(13)6-9/h2-4,6,8,10,12H,5,7,14H2,1H3. The molecule has 3 unspecified atom stereocenters. The van der Waals surface area contributed by atoms with Crippen molar-refractivity contribution in [2.75, 3.05) is 6.61 Å². The van der Waals surface area contributed by atoms with Crippen molar-refractivity contribution in [3.63, 3.8) is 0 Å². The van der Waals surface area contributed by atoms with Crippen LogP contribution in [0.15, 0.2) is 24.3 Å². The van der Waals surface area contributed by atoms with Crippen LogP contribution in [0.3, 0.4) is 0 Å². The van der Waals surface area contributed by atoms with Crippen molar-refractivity contribution in [3.8, 4) is 0 Å². The van der Waals surface area contributed by atoms with E-state index < -0.39 is 0 Å². The average molecular weight is 209 g/mol. The Morgan fingerprint density at radius 2 is 2.33 bits per heavy atom. The smallest absolute Gasteiger partial charge is 0.123 e. The summed E-state index contributed by atoms with van der Waals surface area (Å²) in [4.78, 5) is 0. The van der Waals surface area contributed by atoms with Gasteiger partial charge in [-0.15, -0.1) is 0 Å². The molecule has 3 atom stereocenters. The fourth-order valence-corrected chi connectivity index (χ4v) is 2.09. The summed E-state index contributed by atoms with van der Waals surface area (Å²) in [6, 6.07) is 6.39. The molecule has 0 radical (unpaired) electrons. The zero-order chi connectivity index (χ0) is 10.8. The van der Waals surface area contributed by atoms with Crippen LogP contribution in [-0.4, -0.2) is 12.7 Å². The second-order valence-corrected chi connectivity index (χ2v) is 4.22. The van der Waals surface area contributed by atoms with Crippen molar-refractivity contribution in [1.82, 2.24) is 0 Å². The maximum Gasteiger partial charge on any atom is 0.123 e. The van der Waals surface area contributed by atoms with Gasteiger partial charge in [-0.2, -0.15) is 0 Å². The van der Waals surface area contributed by atoms with Gasteiger partial charge in [-0.05, 0) is 31.0 Å². The monoisotopic (exact) mass is 209 g/mol. The highest BCUT2D eigenvalue weighted by Crippen LogP contribution is 2.29. The summed E-state index contributed by atoms with van der Waals surface area (Å²) in [6.45, 7) is 2.72. The Kier molecular flexibility index (Phi) is 3.03. The van der Waals surface area contributed by atoms with Gasteiger partial charge < -0.3 is 10.5 Å². The molecule has 2 rings (SSSR count). The van der Waals surface area contributed by atoms with Gasteiger partial charge in [-0.3, -0.25) is 0 Å². The zero-order valence-corrected chi connectivity index (χ0v) is 8.82. The van der Waals surface area contributed by atoms with Crippen LogP contribution in [-0.2, 0) is 4.74 Å². The Hall–Kier alpha value is -0.930. The molecular formula is C12H16FNO. The van der Waals surface area contributed by atoms with Crippen LogP contribution in [0, 0.1) is 11.7 Å². The Morgan fingerprint density at radius 3 is 2.93 bits per heavy atom. The van der Waals surface area contributed by atoms with E-state index in [0.29, 0.717) is 12.5 Å². The van der Waals surface area contributed by atoms with Gasteiger partial charge in [0.1, 0.15) is 5.82 Å². The van der Waals surface area contributed by atoms with E-state index in [1.54, 1.807) is 6.07 Å². The zero-order valence-electron chi connectivity index (χ0n) is 8.82. The van der Waals surface area contributed by atoms with E-state index in [4.69, 9.17) is 10.5 Å². The summed E-state index contributed by atoms with van der Waals surface area (Å²) in [7, 11) is 0. The van der Waals surface area contributed by atoms with Crippen LogP contribution < -0.4 is 5.73 Å². The van der Waals surface area contributed by atoms with Crippen LogP contribution in [0.2, 0.25) is 0 Å². The van der Waals surface area contributed by atoms with Gasteiger partial charge in [0.2, 0.25) is 0 Å². The molecule has 3 heteroatoms. The Labute approximate surface area is 89.2 Å². The van der Waals surface area contributed by atoms with E-state index in [-0.39, 0.29) is 18.0 Å². The van der Waals surface area contributed by atoms with Crippen LogP contribution in [0.5, 0.6) is 0 Å². The third-order valence-corrected chi connectivity index (χ3v) is 2.97. The molecule has 0 amide bonds. The number of hydrogen-bond acceptors (Lipinski definition) is 2. The normalized spacial score (nSPS) is 27.9. The van der Waals surface area contributed by atoms with Gasteiger partial charge in [0.25, 0.3) is 0 Å². The van der Waals surface area contributed by atoms with Crippen LogP contribution in [0.25, 0.3) is 0 Å². The molecule has 1 aliphatic rings. The second kappa shape index (κ2) is 4.29. The Balaban J connectivity index is 2.10. The van der Waals surface area contributed by atoms with Gasteiger partial charge >= 0.3 is 0 Å². The highest BCUT2D eigenvalue weighted by molar-refractivity contribution is 5.20. The van der Waals surface area contributed by atoms with Crippen molar-refractivity contribution in [2.45, 2.75) is 25.5 Å². The largest absolute Gasteiger partial charge is 0.378 e. The molecule has 2 nitrogen and oxygen atoms in total. The van der Waals surface area contributed by atoms with Gasteiger partial charge in [0.15, 0.2) is 0 Å². The number of ether oxygens (including phenoxy) is 1. The molecule has 1 saturated heterocycles. The summed E-state index contributed by atoms with van der Waals surface area (Å²) in [5.74, 6) is 0.0803. The fourth-order valence-electron chi connectivity index (χ4n) is 2.09. The highest BCUT2D eigenvalue weighted by atomic mass is 19.1. The molecule has 1 fully saturated rings. The molecule has 1 heterocycles. The first kappa shape index (κ1) is 10.6. The van der Waals surface area contributed by atoms with Crippen LogP contribution in [0.1, 0.15) is 24.9 Å². The molecule has 1 aliphatic heterocycles. The fraction of sp³-hybridized carbons (Fsp3) is 0.500. The minimum Gasteiger partial charge on any atom is -0.378 e. The second-order valence-electron chi connectivity index (χ2n) is 4.22. The van der Waals surface area contributed by atoms with Gasteiger partial charge in [-0.1, -0.05) is 12.1 Å². The summed E-state index contributed by atoms with van der Waals surface area (Å²) in [6.07, 6.45) is 1.23. The maximum atomic E-state index is 13.0. The number of benzene rings is 1. The first-order valence-electron chi connectivity index (χ1n) is 5.29. The predicted molar refractivity (Wildman–Crippen MR) is 56.8 cm³/mol. The van der Waals surface area contributed by atoms with Crippen molar-refractivity contribution in [1.29, 1.82) is 0 Å². The number of hydrogen-bond donors (Lipinski definition) is 1. The molecular weight excluding hydrogens is 193 g/mol. The van der Waals surface area contributed by atoms with Crippen molar-refractivity contribution in [2.24, 2.45) is 11.7 Å². The summed E-state index contributed by atoms with van der Waals surface area (Å²) < 4.78 is 18.5. The molecule has 1 aromatic rings. The van der Waals surface area contributed by atoms with Crippen molar-refractivity contribution < 1.29 is 9.13 Å². The van der Waals surface area contributed by atoms with Gasteiger partial charge in [-0.25, -0.2) is 4.39 Å².